The molecular formula is C26H32O6. The lowest BCUT2D eigenvalue weighted by molar-refractivity contribution is -0.213. The van der Waals surface area contributed by atoms with Crippen molar-refractivity contribution in [1.82, 2.24) is 0 Å². The third kappa shape index (κ3) is 1.80. The summed E-state index contributed by atoms with van der Waals surface area (Å²) in [6.45, 7) is 10.7. The molecule has 1 aromatic rings. The second-order valence-corrected chi connectivity index (χ2v) is 12.5. The van der Waals surface area contributed by atoms with Crippen molar-refractivity contribution in [2.24, 2.45) is 28.1 Å². The summed E-state index contributed by atoms with van der Waals surface area (Å²) >= 11 is 0. The SMILES string of the molecule is CC1(C)C(=O)C[C@@H]2O[C@@H]3C[C@@]4(C)[C@H](c5ccoc5)C[C@H]5O[C@]54[C@]4(C)OC(=O)C[C@@H]1[C@@]2(C)[C@@H]34. The molecule has 3 aliphatic carbocycles. The van der Waals surface area contributed by atoms with Gasteiger partial charge in [-0.15, -0.1) is 0 Å². The molecule has 0 bridgehead atoms. The lowest BCUT2D eigenvalue weighted by atomic mass is 9.44. The molecule has 10 atom stereocenters. The first-order chi connectivity index (χ1) is 15.0. The van der Waals surface area contributed by atoms with Crippen LogP contribution < -0.4 is 0 Å². The normalized spacial score (nSPS) is 56.7. The smallest absolute Gasteiger partial charge is 0.306 e. The summed E-state index contributed by atoms with van der Waals surface area (Å²) in [5.41, 5.74) is -1.28. The zero-order chi connectivity index (χ0) is 22.5. The van der Waals surface area contributed by atoms with Crippen molar-refractivity contribution in [3.8, 4) is 0 Å². The molecule has 7 rings (SSSR count). The average Bonchev–Trinajstić information content (AvgIpc) is 2.99. The van der Waals surface area contributed by atoms with Crippen LogP contribution in [0.5, 0.6) is 0 Å². The predicted octanol–water partition coefficient (Wildman–Crippen LogP) is 4.03. The van der Waals surface area contributed by atoms with E-state index in [4.69, 9.17) is 18.6 Å². The Morgan fingerprint density at radius 3 is 2.53 bits per heavy atom. The quantitative estimate of drug-likeness (QED) is 0.485. The van der Waals surface area contributed by atoms with E-state index in [-0.39, 0.29) is 65.1 Å². The Morgan fingerprint density at radius 2 is 1.81 bits per heavy atom. The number of furan rings is 1. The van der Waals surface area contributed by atoms with E-state index < -0.39 is 16.6 Å². The number of ether oxygens (including phenoxy) is 3. The highest BCUT2D eigenvalue weighted by Crippen LogP contribution is 2.80. The van der Waals surface area contributed by atoms with E-state index in [9.17, 15) is 9.59 Å². The number of rotatable bonds is 1. The van der Waals surface area contributed by atoms with E-state index in [1.54, 1.807) is 6.26 Å². The maximum absolute atomic E-state index is 13.4. The first-order valence-electron chi connectivity index (χ1n) is 12.1. The lowest BCUT2D eigenvalue weighted by Gasteiger charge is -2.59. The van der Waals surface area contributed by atoms with Gasteiger partial charge in [0.05, 0.1) is 30.8 Å². The number of epoxide rings is 1. The van der Waals surface area contributed by atoms with Crippen molar-refractivity contribution >= 4 is 11.8 Å². The molecule has 4 heterocycles. The van der Waals surface area contributed by atoms with Crippen molar-refractivity contribution in [2.45, 2.75) is 95.7 Å². The van der Waals surface area contributed by atoms with Crippen molar-refractivity contribution < 1.29 is 28.2 Å². The molecule has 0 aromatic carbocycles. The Balaban J connectivity index is 1.43. The number of carbonyl (C=O) groups is 2. The first kappa shape index (κ1) is 19.8. The zero-order valence-corrected chi connectivity index (χ0v) is 19.5. The van der Waals surface area contributed by atoms with Gasteiger partial charge in [-0.25, -0.2) is 0 Å². The molecule has 6 heteroatoms. The van der Waals surface area contributed by atoms with Crippen LogP contribution in [0.3, 0.4) is 0 Å². The van der Waals surface area contributed by atoms with Crippen LogP contribution in [0.4, 0.5) is 0 Å². The fourth-order valence-corrected chi connectivity index (χ4v) is 9.89. The summed E-state index contributed by atoms with van der Waals surface area (Å²) < 4.78 is 25.3. The molecule has 3 saturated carbocycles. The minimum Gasteiger partial charge on any atom is -0.472 e. The minimum atomic E-state index is -0.792. The summed E-state index contributed by atoms with van der Waals surface area (Å²) in [6.07, 6.45) is 5.79. The fourth-order valence-electron chi connectivity index (χ4n) is 9.89. The monoisotopic (exact) mass is 440 g/mol. The van der Waals surface area contributed by atoms with Crippen LogP contribution in [-0.4, -0.2) is 41.3 Å². The van der Waals surface area contributed by atoms with Gasteiger partial charge < -0.3 is 18.6 Å². The first-order valence-corrected chi connectivity index (χ1v) is 12.1. The molecule has 0 N–H and O–H groups in total. The fraction of sp³-hybridized carbons (Fsp3) is 0.769. The third-order valence-corrected chi connectivity index (χ3v) is 11.2. The van der Waals surface area contributed by atoms with Crippen LogP contribution in [-0.2, 0) is 23.8 Å². The molecule has 6 nitrogen and oxygen atoms in total. The maximum atomic E-state index is 13.4. The van der Waals surface area contributed by atoms with E-state index in [1.807, 2.05) is 20.1 Å². The number of Topliss-reactive ketones (excluding diaryl/α,β-unsaturated/α-hetero) is 1. The molecule has 0 unspecified atom stereocenters. The summed E-state index contributed by atoms with van der Waals surface area (Å²) in [5, 5.41) is 0. The molecule has 32 heavy (non-hydrogen) atoms. The molecule has 6 fully saturated rings. The van der Waals surface area contributed by atoms with Gasteiger partial charge in [0, 0.05) is 35.0 Å². The Labute approximate surface area is 188 Å². The largest absolute Gasteiger partial charge is 0.472 e. The van der Waals surface area contributed by atoms with E-state index in [2.05, 4.69) is 26.8 Å². The number of hydrogen-bond donors (Lipinski definition) is 0. The van der Waals surface area contributed by atoms with Crippen LogP contribution in [0.25, 0.3) is 0 Å². The topological polar surface area (TPSA) is 78.3 Å². The van der Waals surface area contributed by atoms with E-state index in [1.165, 1.54) is 5.56 Å². The van der Waals surface area contributed by atoms with Crippen LogP contribution in [0, 0.1) is 28.1 Å². The predicted molar refractivity (Wildman–Crippen MR) is 113 cm³/mol. The number of esters is 1. The Kier molecular flexibility index (Phi) is 3.31. The van der Waals surface area contributed by atoms with Crippen LogP contribution in [0.2, 0.25) is 0 Å². The van der Waals surface area contributed by atoms with Crippen molar-refractivity contribution in [3.63, 3.8) is 0 Å². The molecule has 3 aliphatic heterocycles. The van der Waals surface area contributed by atoms with Gasteiger partial charge in [-0.2, -0.15) is 0 Å². The zero-order valence-electron chi connectivity index (χ0n) is 19.5. The summed E-state index contributed by atoms with van der Waals surface area (Å²) in [7, 11) is 0. The van der Waals surface area contributed by atoms with E-state index in [0.29, 0.717) is 6.42 Å². The number of ketones is 1. The summed E-state index contributed by atoms with van der Waals surface area (Å²) in [5.74, 6) is 0.154. The molecule has 172 valence electrons. The van der Waals surface area contributed by atoms with Crippen molar-refractivity contribution in [2.75, 3.05) is 0 Å². The van der Waals surface area contributed by atoms with Crippen LogP contribution in [0.15, 0.2) is 23.0 Å². The van der Waals surface area contributed by atoms with Crippen LogP contribution >= 0.6 is 0 Å². The van der Waals surface area contributed by atoms with Crippen molar-refractivity contribution in [3.05, 3.63) is 24.2 Å². The molecule has 0 amide bonds. The van der Waals surface area contributed by atoms with Gasteiger partial charge >= 0.3 is 5.97 Å². The van der Waals surface area contributed by atoms with Crippen LogP contribution in [0.1, 0.15) is 71.8 Å². The highest BCUT2D eigenvalue weighted by molar-refractivity contribution is 5.87. The summed E-state index contributed by atoms with van der Waals surface area (Å²) in [6, 6.07) is 2.05. The highest BCUT2D eigenvalue weighted by atomic mass is 16.7. The lowest BCUT2D eigenvalue weighted by Crippen LogP contribution is -2.69. The van der Waals surface area contributed by atoms with Gasteiger partial charge in [0.15, 0.2) is 0 Å². The van der Waals surface area contributed by atoms with Gasteiger partial charge in [0.2, 0.25) is 0 Å². The molecular weight excluding hydrogens is 408 g/mol. The van der Waals surface area contributed by atoms with E-state index >= 15 is 0 Å². The minimum absolute atomic E-state index is 0.00463. The molecule has 1 spiro atoms. The second kappa shape index (κ2) is 5.35. The van der Waals surface area contributed by atoms with Gasteiger partial charge in [0.25, 0.3) is 0 Å². The van der Waals surface area contributed by atoms with Crippen molar-refractivity contribution in [1.29, 1.82) is 0 Å². The second-order valence-electron chi connectivity index (χ2n) is 12.5. The Hall–Kier alpha value is -1.66. The Bertz CT molecular complexity index is 1040. The van der Waals surface area contributed by atoms with Gasteiger partial charge in [-0.1, -0.05) is 27.7 Å². The molecule has 3 saturated heterocycles. The molecule has 1 aromatic heterocycles. The Morgan fingerprint density at radius 1 is 1.03 bits per heavy atom. The number of carbonyl (C=O) groups excluding carboxylic acids is 2. The average molecular weight is 441 g/mol. The van der Waals surface area contributed by atoms with Gasteiger partial charge in [-0.05, 0) is 43.2 Å². The maximum Gasteiger partial charge on any atom is 0.306 e. The van der Waals surface area contributed by atoms with E-state index in [0.717, 1.165) is 12.8 Å². The standard InChI is InChI=1S/C26H32O6/c1-22(2)16-9-20(28)32-25(5)21-15(30-18(10-17(22)27)24(16,21)4)11-23(3)14(13-6-7-29-12-13)8-19-26(23,25)31-19/h6-7,12,14-16,18-19,21H,8-11H2,1-5H3/t14-,15+,16-,18-,19+,21+,23-,24+,25+,26+/m0/s1. The highest BCUT2D eigenvalue weighted by Gasteiger charge is 2.90. The molecule has 6 aliphatic rings. The van der Waals surface area contributed by atoms with Gasteiger partial charge in [-0.3, -0.25) is 9.59 Å². The molecule has 0 radical (unpaired) electrons. The summed E-state index contributed by atoms with van der Waals surface area (Å²) in [4.78, 5) is 26.5. The number of hydrogen-bond acceptors (Lipinski definition) is 6. The van der Waals surface area contributed by atoms with Gasteiger partial charge in [0.1, 0.15) is 17.0 Å². The third-order valence-electron chi connectivity index (χ3n) is 11.2.